The number of amides is 2. The molecule has 0 bridgehead atoms. The predicted molar refractivity (Wildman–Crippen MR) is 139 cm³/mol. The van der Waals surface area contributed by atoms with Crippen molar-refractivity contribution in [3.8, 4) is 17.2 Å². The van der Waals surface area contributed by atoms with Gasteiger partial charge in [-0.25, -0.2) is 9.97 Å². The molecule has 3 N–H and O–H groups in total. The summed E-state index contributed by atoms with van der Waals surface area (Å²) >= 11 is 0. The van der Waals surface area contributed by atoms with Gasteiger partial charge in [0.05, 0.1) is 13.2 Å². The molecule has 0 aliphatic carbocycles. The summed E-state index contributed by atoms with van der Waals surface area (Å²) in [6.45, 7) is 4.07. The van der Waals surface area contributed by atoms with Crippen molar-refractivity contribution in [3.05, 3.63) is 76.8 Å². The molecule has 4 aromatic rings. The van der Waals surface area contributed by atoms with Crippen molar-refractivity contribution in [3.63, 3.8) is 0 Å². The second-order valence-electron chi connectivity index (χ2n) is 9.58. The molecule has 0 spiro atoms. The number of rotatable bonds is 6. The highest BCUT2D eigenvalue weighted by atomic mass is 19.4. The largest absolute Gasteiger partial charge is 0.494 e. The normalized spacial score (nSPS) is 14.6. The fourth-order valence-electron chi connectivity index (χ4n) is 4.71. The van der Waals surface area contributed by atoms with Gasteiger partial charge in [0.1, 0.15) is 23.0 Å². The monoisotopic (exact) mass is 553 g/mol. The number of pyridine rings is 1. The number of hydrogen-bond acceptors (Lipinski definition) is 7. The number of nitrogens with two attached hydrogens (primary N) is 1. The maximum Gasteiger partial charge on any atom is 0.433 e. The lowest BCUT2D eigenvalue weighted by molar-refractivity contribution is -0.141. The van der Waals surface area contributed by atoms with Crippen LogP contribution < -0.4 is 15.8 Å². The van der Waals surface area contributed by atoms with E-state index < -0.39 is 29.9 Å². The highest BCUT2D eigenvalue weighted by Gasteiger charge is 2.34. The minimum Gasteiger partial charge on any atom is -0.494 e. The highest BCUT2D eigenvalue weighted by molar-refractivity contribution is 5.99. The van der Waals surface area contributed by atoms with Gasteiger partial charge >= 0.3 is 6.18 Å². The minimum absolute atomic E-state index is 0.0411. The summed E-state index contributed by atoms with van der Waals surface area (Å²) in [6, 6.07) is 11.2. The smallest absolute Gasteiger partial charge is 0.433 e. The zero-order valence-electron chi connectivity index (χ0n) is 21.9. The van der Waals surface area contributed by atoms with Crippen molar-refractivity contribution in [1.82, 2.24) is 20.2 Å². The maximum absolute atomic E-state index is 13.3. The lowest BCUT2D eigenvalue weighted by Crippen LogP contribution is -2.45. The molecule has 2 aromatic heterocycles. The van der Waals surface area contributed by atoms with Crippen molar-refractivity contribution in [2.75, 3.05) is 7.11 Å². The molecule has 2 atom stereocenters. The van der Waals surface area contributed by atoms with E-state index in [9.17, 15) is 22.8 Å². The predicted octanol–water partition coefficient (Wildman–Crippen LogP) is 4.60. The Balaban J connectivity index is 1.44. The third-order valence-electron chi connectivity index (χ3n) is 6.71. The van der Waals surface area contributed by atoms with E-state index in [0.29, 0.717) is 13.1 Å². The van der Waals surface area contributed by atoms with Gasteiger partial charge in [-0.05, 0) is 49.2 Å². The van der Waals surface area contributed by atoms with Gasteiger partial charge in [-0.2, -0.15) is 13.2 Å². The van der Waals surface area contributed by atoms with Crippen LogP contribution in [0.4, 0.5) is 13.2 Å². The lowest BCUT2D eigenvalue weighted by atomic mass is 10.1. The number of aromatic nitrogens is 2. The average molecular weight is 554 g/mol. The molecule has 40 heavy (non-hydrogen) atoms. The Bertz CT molecular complexity index is 1590. The van der Waals surface area contributed by atoms with Crippen LogP contribution in [0.2, 0.25) is 0 Å². The summed E-state index contributed by atoms with van der Waals surface area (Å²) < 4.78 is 51.0. The van der Waals surface area contributed by atoms with Gasteiger partial charge in [-0.15, -0.1) is 0 Å². The van der Waals surface area contributed by atoms with Crippen LogP contribution >= 0.6 is 0 Å². The molecule has 12 heteroatoms. The molecule has 1 aliphatic rings. The van der Waals surface area contributed by atoms with Crippen molar-refractivity contribution >= 4 is 22.7 Å². The summed E-state index contributed by atoms with van der Waals surface area (Å²) in [5, 5.41) is 2.95. The molecule has 2 aromatic carbocycles. The summed E-state index contributed by atoms with van der Waals surface area (Å²) in [4.78, 5) is 36.1. The summed E-state index contributed by atoms with van der Waals surface area (Å²) in [7, 11) is 1.32. The fraction of sp³-hybridized carbons (Fsp3) is 0.286. The van der Waals surface area contributed by atoms with Crippen LogP contribution in [-0.4, -0.2) is 39.8 Å². The van der Waals surface area contributed by atoms with Crippen LogP contribution in [0.5, 0.6) is 5.75 Å². The van der Waals surface area contributed by atoms with E-state index in [4.69, 9.17) is 14.9 Å². The quantitative estimate of drug-likeness (QED) is 0.358. The van der Waals surface area contributed by atoms with Crippen molar-refractivity contribution < 1.29 is 31.9 Å². The van der Waals surface area contributed by atoms with Gasteiger partial charge in [0, 0.05) is 24.0 Å². The number of carbonyl (C=O) groups is 2. The Morgan fingerprint density at radius 1 is 1.05 bits per heavy atom. The Kier molecular flexibility index (Phi) is 6.96. The van der Waals surface area contributed by atoms with E-state index in [0.717, 1.165) is 17.2 Å². The van der Waals surface area contributed by atoms with Gasteiger partial charge in [0.25, 0.3) is 5.91 Å². The first kappa shape index (κ1) is 27.1. The number of carbonyl (C=O) groups excluding carboxylic acids is 2. The van der Waals surface area contributed by atoms with E-state index in [2.05, 4.69) is 15.3 Å². The van der Waals surface area contributed by atoms with Crippen LogP contribution in [-0.2, 0) is 24.1 Å². The maximum atomic E-state index is 13.3. The van der Waals surface area contributed by atoms with Crippen LogP contribution in [0.15, 0.2) is 52.9 Å². The van der Waals surface area contributed by atoms with E-state index in [-0.39, 0.29) is 45.5 Å². The SMILES string of the molecule is COc1ccc(-c2nc(C(=O)N[C@H](C)C(=O)N3Cc4ccccc4C3)c([C@H](C)N)o2)c2ccc(C(F)(F)F)nc12. The molecule has 3 heterocycles. The van der Waals surface area contributed by atoms with Gasteiger partial charge in [-0.3, -0.25) is 9.59 Å². The number of hydrogen-bond donors (Lipinski definition) is 2. The van der Waals surface area contributed by atoms with Crippen molar-refractivity contribution in [2.24, 2.45) is 5.73 Å². The number of nitrogens with zero attached hydrogens (tertiary/aromatic N) is 3. The number of alkyl halides is 3. The first-order chi connectivity index (χ1) is 19.0. The van der Waals surface area contributed by atoms with E-state index in [1.807, 2.05) is 24.3 Å². The molecular formula is C28H26F3N5O4. The second-order valence-corrected chi connectivity index (χ2v) is 9.58. The third kappa shape index (κ3) is 4.97. The highest BCUT2D eigenvalue weighted by Crippen LogP contribution is 2.37. The molecule has 9 nitrogen and oxygen atoms in total. The lowest BCUT2D eigenvalue weighted by Gasteiger charge is -2.21. The van der Waals surface area contributed by atoms with Crippen LogP contribution in [0.25, 0.3) is 22.4 Å². The molecule has 5 rings (SSSR count). The molecule has 2 amide bonds. The average Bonchev–Trinajstić information content (AvgIpc) is 3.56. The number of methoxy groups -OCH3 is 1. The number of fused-ring (bicyclic) bond motifs is 2. The summed E-state index contributed by atoms with van der Waals surface area (Å²) in [5.41, 5.74) is 7.20. The standard InChI is InChI=1S/C28H26F3N5O4/c1-14(32)24-23(25(37)33-15(2)27(38)36-12-16-6-4-5-7-17(16)13-36)35-26(40-24)19-8-10-20(39-3)22-18(19)9-11-21(34-22)28(29,30)31/h4-11,14-15H,12-13,32H2,1-3H3,(H,33,37)/t14-,15+/m0/s1. The number of ether oxygens (including phenoxy) is 1. The Morgan fingerprint density at radius 2 is 1.73 bits per heavy atom. The molecule has 0 unspecified atom stereocenters. The Labute approximate surface area is 227 Å². The molecule has 0 saturated carbocycles. The zero-order valence-corrected chi connectivity index (χ0v) is 21.9. The van der Waals surface area contributed by atoms with Crippen LogP contribution in [0.3, 0.4) is 0 Å². The second kappa shape index (κ2) is 10.3. The number of oxazole rings is 1. The first-order valence-electron chi connectivity index (χ1n) is 12.5. The Morgan fingerprint density at radius 3 is 2.33 bits per heavy atom. The van der Waals surface area contributed by atoms with E-state index in [1.165, 1.54) is 19.2 Å². The van der Waals surface area contributed by atoms with Crippen molar-refractivity contribution in [2.45, 2.75) is 45.2 Å². The van der Waals surface area contributed by atoms with Gasteiger partial charge in [0.15, 0.2) is 11.5 Å². The van der Waals surface area contributed by atoms with Gasteiger partial charge in [0.2, 0.25) is 11.8 Å². The van der Waals surface area contributed by atoms with Gasteiger partial charge < -0.3 is 25.1 Å². The summed E-state index contributed by atoms with van der Waals surface area (Å²) in [6.07, 6.45) is -4.66. The number of benzene rings is 2. The fourth-order valence-corrected chi connectivity index (χ4v) is 4.71. The van der Waals surface area contributed by atoms with E-state index in [1.54, 1.807) is 24.8 Å². The number of nitrogens with one attached hydrogen (secondary N) is 1. The molecule has 0 radical (unpaired) electrons. The minimum atomic E-state index is -4.66. The van der Waals surface area contributed by atoms with Gasteiger partial charge in [-0.1, -0.05) is 24.3 Å². The van der Waals surface area contributed by atoms with Crippen LogP contribution in [0, 0.1) is 0 Å². The van der Waals surface area contributed by atoms with Crippen LogP contribution in [0.1, 0.15) is 53.0 Å². The van der Waals surface area contributed by atoms with Crippen molar-refractivity contribution in [1.29, 1.82) is 0 Å². The molecule has 1 aliphatic heterocycles. The molecular weight excluding hydrogens is 527 g/mol. The first-order valence-corrected chi connectivity index (χ1v) is 12.5. The third-order valence-corrected chi connectivity index (χ3v) is 6.71. The number of halogens is 3. The summed E-state index contributed by atoms with van der Waals surface area (Å²) in [5.74, 6) is -0.790. The molecule has 0 fully saturated rings. The topological polar surface area (TPSA) is 124 Å². The molecule has 208 valence electrons. The Hall–Kier alpha value is -4.45. The van der Waals surface area contributed by atoms with E-state index >= 15 is 0 Å². The molecule has 0 saturated heterocycles. The zero-order chi connectivity index (χ0) is 28.8.